The fourth-order valence-electron chi connectivity index (χ4n) is 13.7. The number of carbonyl (C=O) groups excluding carboxylic acids is 16. The molecule has 2 fully saturated rings. The van der Waals surface area contributed by atoms with E-state index in [0.717, 1.165) is 37.8 Å². The molecule has 0 spiro atoms. The Morgan fingerprint density at radius 3 is 1.74 bits per heavy atom. The second kappa shape index (κ2) is 48.7. The second-order valence-electron chi connectivity index (χ2n) is 31.2. The van der Waals surface area contributed by atoms with Gasteiger partial charge < -0.3 is 139 Å². The van der Waals surface area contributed by atoms with Crippen LogP contribution in [-0.2, 0) is 86.2 Å². The summed E-state index contributed by atoms with van der Waals surface area (Å²) in [6.07, 6.45) is -15.5. The van der Waals surface area contributed by atoms with Crippen LogP contribution in [0.15, 0.2) is 34.3 Å². The molecule has 2 saturated heterocycles. The molecular weight excluding hydrogens is 1560 g/mol. The van der Waals surface area contributed by atoms with Crippen molar-refractivity contribution in [2.45, 2.75) is 256 Å². The number of fused-ring (bicyclic) bond motifs is 1. The Morgan fingerprint density at radius 1 is 0.613 bits per heavy atom. The number of aromatic hydroxyl groups is 1. The number of primary amides is 4. The monoisotopic (exact) mass is 1690 g/mol. The summed E-state index contributed by atoms with van der Waals surface area (Å²) in [5.41, 5.74) is 45.0. The van der Waals surface area contributed by atoms with Gasteiger partial charge in [-0.2, -0.15) is 0 Å². The minimum atomic E-state index is -2.71. The molecule has 0 bridgehead atoms. The van der Waals surface area contributed by atoms with E-state index < -0.39 is 259 Å². The largest absolute Gasteiger partial charge is 0.508 e. The van der Waals surface area contributed by atoms with Crippen molar-refractivity contribution >= 4 is 106 Å². The van der Waals surface area contributed by atoms with Crippen molar-refractivity contribution in [1.29, 1.82) is 0 Å². The van der Waals surface area contributed by atoms with Crippen molar-refractivity contribution in [3.63, 3.8) is 0 Å². The molecule has 2 heterocycles. The summed E-state index contributed by atoms with van der Waals surface area (Å²) < 4.78 is 11.8. The van der Waals surface area contributed by atoms with Crippen LogP contribution in [0.1, 0.15) is 164 Å². The molecule has 44 nitrogen and oxygen atoms in total. The Morgan fingerprint density at radius 2 is 1.19 bits per heavy atom. The number of phenolic OH excluding ortho intramolecular Hbond substituents is 1. The predicted molar refractivity (Wildman–Crippen MR) is 427 cm³/mol. The first-order valence-corrected chi connectivity index (χ1v) is 39.3. The maximum atomic E-state index is 15.4. The molecule has 4 unspecified atom stereocenters. The number of benzene rings is 1. The van der Waals surface area contributed by atoms with Crippen LogP contribution in [0.25, 0.3) is 0 Å². The third-order valence-electron chi connectivity index (χ3n) is 20.6. The van der Waals surface area contributed by atoms with E-state index in [1.807, 2.05) is 13.8 Å². The van der Waals surface area contributed by atoms with Crippen LogP contribution in [0.5, 0.6) is 5.75 Å². The highest BCUT2D eigenvalue weighted by Gasteiger charge is 2.47. The zero-order valence-corrected chi connectivity index (χ0v) is 69.4. The fraction of sp³-hybridized carbons (Fsp3) is 0.680. The summed E-state index contributed by atoms with van der Waals surface area (Å²) >= 11 is 0. The SMILES string of the molecule is COC(c1ccc(O)cc1)C1NC(=O)[C@H](CCC(N)=O)N(C)C(=O)[C@H](CC(C)C)NC(=O)[C@@H](CCCN=C(N)N)NC(=O)[C@@H]([C@@H](C)O)NC(=O)[C@H](NC(=O)[C@@H](NC(=O)C(O)C(O)[C@H](CCCN=C(N)N)NC(=O)[C@H](CC(N)=O)NC(=O)[C@H](C)[C@H](O)[C@H](C)CC(C)C)[C@@H](C)[C@@H](C)C(N)=O)[C@@H](C)OC(=O)[C@@H]2CCCCN2C(=O)[C@@H](CC(N)=O)NC1=O. The van der Waals surface area contributed by atoms with E-state index in [2.05, 4.69) is 57.8 Å². The predicted octanol–water partition coefficient (Wildman–Crippen LogP) is -7.69. The van der Waals surface area contributed by atoms with E-state index in [0.29, 0.717) is 6.42 Å². The molecule has 0 radical (unpaired) electrons. The molecule has 44 heteroatoms. The molecular formula is C75H125N21O23. The van der Waals surface area contributed by atoms with Crippen LogP contribution in [0.2, 0.25) is 0 Å². The molecule has 119 heavy (non-hydrogen) atoms. The Kier molecular flexibility index (Phi) is 41.8. The van der Waals surface area contributed by atoms with Gasteiger partial charge in [-0.15, -0.1) is 0 Å². The number of amides is 15. The van der Waals surface area contributed by atoms with Gasteiger partial charge in [0.2, 0.25) is 82.7 Å². The number of methoxy groups -OCH3 is 1. The van der Waals surface area contributed by atoms with Crippen LogP contribution in [0.4, 0.5) is 0 Å². The Hall–Kier alpha value is -11.1. The Bertz CT molecular complexity index is 3750. The van der Waals surface area contributed by atoms with Crippen LogP contribution in [-0.4, -0.2) is 273 Å². The first-order valence-electron chi connectivity index (χ1n) is 39.3. The Balaban J connectivity index is 2.43. The van der Waals surface area contributed by atoms with Crippen molar-refractivity contribution in [3.8, 4) is 5.75 Å². The van der Waals surface area contributed by atoms with Crippen molar-refractivity contribution < 1.29 is 112 Å². The van der Waals surface area contributed by atoms with Gasteiger partial charge in [0.15, 0.2) is 18.0 Å². The first kappa shape index (κ1) is 102. The van der Waals surface area contributed by atoms with Gasteiger partial charge in [-0.3, -0.25) is 81.9 Å². The molecule has 668 valence electrons. The number of ether oxygens (including phenoxy) is 2. The molecule has 2 aliphatic heterocycles. The van der Waals surface area contributed by atoms with Crippen molar-refractivity contribution in [2.24, 2.45) is 91.4 Å². The van der Waals surface area contributed by atoms with E-state index >= 15 is 33.6 Å². The van der Waals surface area contributed by atoms with Gasteiger partial charge in [0, 0.05) is 46.1 Å². The highest BCUT2D eigenvalue weighted by molar-refractivity contribution is 6.01. The number of aliphatic hydroxyl groups excluding tert-OH is 4. The third-order valence-corrected chi connectivity index (χ3v) is 20.6. The molecule has 21 atom stereocenters. The summed E-state index contributed by atoms with van der Waals surface area (Å²) in [5, 5.41) is 78.3. The van der Waals surface area contributed by atoms with Crippen molar-refractivity contribution in [3.05, 3.63) is 29.8 Å². The summed E-state index contributed by atoms with van der Waals surface area (Å²) in [6, 6.07) is -16.1. The number of rotatable bonds is 38. The third kappa shape index (κ3) is 32.3. The minimum Gasteiger partial charge on any atom is -0.508 e. The maximum Gasteiger partial charge on any atom is 0.329 e. The fourth-order valence-corrected chi connectivity index (χ4v) is 13.7. The smallest absolute Gasteiger partial charge is 0.329 e. The van der Waals surface area contributed by atoms with E-state index in [4.69, 9.17) is 55.3 Å². The lowest BCUT2D eigenvalue weighted by molar-refractivity contribution is -0.164. The highest BCUT2D eigenvalue weighted by Crippen LogP contribution is 2.28. The summed E-state index contributed by atoms with van der Waals surface area (Å²) in [7, 11) is 2.25. The van der Waals surface area contributed by atoms with Gasteiger partial charge in [0.25, 0.3) is 5.91 Å². The molecule has 0 saturated carbocycles. The number of aliphatic hydroxyl groups is 4. The lowest BCUT2D eigenvalue weighted by Crippen LogP contribution is -2.65. The van der Waals surface area contributed by atoms with E-state index in [9.17, 15) is 68.7 Å². The first-order chi connectivity index (χ1) is 55.5. The summed E-state index contributed by atoms with van der Waals surface area (Å²) in [4.78, 5) is 239. The van der Waals surface area contributed by atoms with Gasteiger partial charge in [-0.25, -0.2) is 4.79 Å². The normalized spacial score (nSPS) is 23.3. The van der Waals surface area contributed by atoms with Crippen LogP contribution < -0.4 is 93.7 Å². The van der Waals surface area contributed by atoms with Crippen LogP contribution in [0.3, 0.4) is 0 Å². The second-order valence-corrected chi connectivity index (χ2v) is 31.2. The number of nitrogens with zero attached hydrogens (tertiary/aromatic N) is 4. The molecule has 3 rings (SSSR count). The maximum absolute atomic E-state index is 15.4. The lowest BCUT2D eigenvalue weighted by Gasteiger charge is -2.38. The molecule has 1 aromatic carbocycles. The number of esters is 1. The standard InChI is InChI=1S/C75H125N21O23/c1-33(2)29-35(5)57(102)38(8)62(106)88-45(31-51(77)100)64(108)86-43(17-15-26-84-74(80)81)58(103)59(104)70(114)91-53(36(6)37(7)61(79)105)66(110)93-55-40(10)119-73(117)49-19-13-14-28-96(49)72(116)47(32-52(78)101)90-69(113)56(60(118-12)41-20-22-42(98)23-21-41)94-65(109)48(24-25-50(76)99)95(11)71(115)46(30-34(3)4)89-63(107)44(18-16-27-85-75(82)83)87-67(111)54(39(9)97)92-68(55)112/h20-23,33-40,43-49,53-60,97-98,102-104H,13-19,24-32H2,1-12H3,(H2,76,99)(H2,77,100)(H2,78,101)(H2,79,105)(H,86,108)(H,87,111)(H,88,106)(H,89,107)(H,90,113)(H,91,114)(H,92,112)(H,93,110)(H,94,109)(H4,80,81,84)(H4,82,83,85)/t35-,36+,37-,38-,39-,40-,43+,44-,45+,46+,47-,48+,49+,53+,54-,55-,56?,57-,58?,59?,60?/m1/s1. The molecule has 15 amide bonds. The van der Waals surface area contributed by atoms with Gasteiger partial charge in [-0.1, -0.05) is 67.5 Å². The van der Waals surface area contributed by atoms with E-state index in [1.54, 1.807) is 20.8 Å². The molecule has 30 N–H and O–H groups in total. The number of nitrogens with two attached hydrogens (primary N) is 8. The average molecular weight is 1690 g/mol. The summed E-state index contributed by atoms with van der Waals surface area (Å²) in [6.45, 7) is 14.0. The van der Waals surface area contributed by atoms with Gasteiger partial charge in [0.1, 0.15) is 84.5 Å². The lowest BCUT2D eigenvalue weighted by atomic mass is 9.87. The molecule has 0 aromatic heterocycles. The number of guanidine groups is 2. The topological polar surface area (TPSA) is 740 Å². The summed E-state index contributed by atoms with van der Waals surface area (Å²) in [5.74, 6) is -25.4. The number of hydrogen-bond acceptors (Lipinski definition) is 25. The van der Waals surface area contributed by atoms with Gasteiger partial charge in [0.05, 0.1) is 37.0 Å². The van der Waals surface area contributed by atoms with E-state index in [-0.39, 0.29) is 93.7 Å². The zero-order valence-electron chi connectivity index (χ0n) is 69.4. The average Bonchev–Trinajstić information content (AvgIpc) is 0.995. The highest BCUT2D eigenvalue weighted by atomic mass is 16.5. The van der Waals surface area contributed by atoms with E-state index in [1.165, 1.54) is 45.0 Å². The van der Waals surface area contributed by atoms with Gasteiger partial charge in [-0.05, 0) is 119 Å². The van der Waals surface area contributed by atoms with Crippen molar-refractivity contribution in [2.75, 3.05) is 33.8 Å². The molecule has 2 aliphatic rings. The number of phenols is 1. The molecule has 0 aliphatic carbocycles. The quantitative estimate of drug-likeness (QED) is 0.0127. The van der Waals surface area contributed by atoms with Crippen molar-refractivity contribution in [1.82, 2.24) is 57.7 Å². The van der Waals surface area contributed by atoms with Crippen LogP contribution in [0, 0.1) is 35.5 Å². The molecule has 1 aromatic rings. The van der Waals surface area contributed by atoms with Gasteiger partial charge >= 0.3 is 5.97 Å². The number of aliphatic imine (C=N–C) groups is 2. The number of nitrogens with one attached hydrogen (secondary N) is 9. The number of carbonyl (C=O) groups is 16. The number of likely N-dealkylation sites (N-methyl/N-ethyl adjacent to an activating group) is 1. The Labute approximate surface area is 689 Å². The zero-order chi connectivity index (χ0) is 90.3. The minimum absolute atomic E-state index is 0.0999. The van der Waals surface area contributed by atoms with Crippen LogP contribution >= 0.6 is 0 Å². The number of cyclic esters (lactones) is 1. The number of piperidine rings is 1. The number of hydrogen-bond donors (Lipinski definition) is 22.